The lowest BCUT2D eigenvalue weighted by Crippen LogP contribution is -2.50. The summed E-state index contributed by atoms with van der Waals surface area (Å²) in [5.41, 5.74) is -2.60. The van der Waals surface area contributed by atoms with Crippen LogP contribution in [0.15, 0.2) is 0 Å². The first-order valence-corrected chi connectivity index (χ1v) is 3.83. The summed E-state index contributed by atoms with van der Waals surface area (Å²) < 4.78 is 37.5. The Bertz CT molecular complexity index is 228. The second kappa shape index (κ2) is 2.87. The second-order valence-corrected chi connectivity index (χ2v) is 3.31. The third-order valence-corrected chi connectivity index (χ3v) is 2.58. The van der Waals surface area contributed by atoms with Gasteiger partial charge in [-0.15, -0.1) is 0 Å². The summed E-state index contributed by atoms with van der Waals surface area (Å²) in [6.45, 7) is 0.848. The van der Waals surface area contributed by atoms with Crippen LogP contribution in [0.25, 0.3) is 0 Å². The molecule has 1 aliphatic heterocycles. The fourth-order valence-electron chi connectivity index (χ4n) is 1.62. The van der Waals surface area contributed by atoms with E-state index in [4.69, 9.17) is 5.11 Å². The van der Waals surface area contributed by atoms with Gasteiger partial charge in [0.1, 0.15) is 0 Å². The molecule has 0 unspecified atom stereocenters. The van der Waals surface area contributed by atoms with Crippen molar-refractivity contribution in [1.82, 2.24) is 5.32 Å². The maximum Gasteiger partial charge on any atom is 0.406 e. The van der Waals surface area contributed by atoms with E-state index < -0.39 is 30.0 Å². The molecule has 76 valence electrons. The van der Waals surface area contributed by atoms with Crippen LogP contribution in [0.3, 0.4) is 0 Å². The Balaban J connectivity index is 3.08. The lowest BCUT2D eigenvalue weighted by atomic mass is 9.78. The van der Waals surface area contributed by atoms with Crippen molar-refractivity contribution in [3.05, 3.63) is 0 Å². The molecule has 3 nitrogen and oxygen atoms in total. The smallest absolute Gasteiger partial charge is 0.406 e. The van der Waals surface area contributed by atoms with Gasteiger partial charge in [-0.1, -0.05) is 6.92 Å². The standard InChI is InChI=1S/C7H10F3NO2/c1-4-2-11-3-6(4,5(12)13)7(8,9)10/h4,11H,2-3H2,1H3,(H,12,13)/t4-,6-/m1/s1. The predicted octanol–water partition coefficient (Wildman–Crippen LogP) is 0.859. The van der Waals surface area contributed by atoms with Gasteiger partial charge in [-0.05, 0) is 12.5 Å². The summed E-state index contributed by atoms with van der Waals surface area (Å²) in [5.74, 6) is -2.72. The highest BCUT2D eigenvalue weighted by atomic mass is 19.4. The van der Waals surface area contributed by atoms with E-state index in [0.717, 1.165) is 0 Å². The average molecular weight is 197 g/mol. The van der Waals surface area contributed by atoms with E-state index in [2.05, 4.69) is 5.32 Å². The van der Waals surface area contributed by atoms with Crippen molar-refractivity contribution in [3.8, 4) is 0 Å². The van der Waals surface area contributed by atoms with Crippen LogP contribution >= 0.6 is 0 Å². The number of aliphatic carboxylic acids is 1. The molecular weight excluding hydrogens is 187 g/mol. The third-order valence-electron chi connectivity index (χ3n) is 2.58. The predicted molar refractivity (Wildman–Crippen MR) is 38.2 cm³/mol. The highest BCUT2D eigenvalue weighted by molar-refractivity contribution is 5.77. The van der Waals surface area contributed by atoms with Crippen molar-refractivity contribution in [2.75, 3.05) is 13.1 Å². The molecule has 13 heavy (non-hydrogen) atoms. The summed E-state index contributed by atoms with van der Waals surface area (Å²) >= 11 is 0. The fraction of sp³-hybridized carbons (Fsp3) is 0.857. The van der Waals surface area contributed by atoms with Gasteiger partial charge < -0.3 is 10.4 Å². The molecular formula is C7H10F3NO2. The lowest BCUT2D eigenvalue weighted by molar-refractivity contribution is -0.235. The zero-order valence-corrected chi connectivity index (χ0v) is 6.98. The summed E-state index contributed by atoms with van der Waals surface area (Å²) in [7, 11) is 0. The van der Waals surface area contributed by atoms with E-state index in [1.165, 1.54) is 6.92 Å². The van der Waals surface area contributed by atoms with Crippen molar-refractivity contribution < 1.29 is 23.1 Å². The molecule has 1 saturated heterocycles. The van der Waals surface area contributed by atoms with Gasteiger partial charge in [-0.3, -0.25) is 4.79 Å². The maximum atomic E-state index is 12.5. The second-order valence-electron chi connectivity index (χ2n) is 3.31. The van der Waals surface area contributed by atoms with Gasteiger partial charge in [0, 0.05) is 6.54 Å². The molecule has 0 aromatic carbocycles. The monoisotopic (exact) mass is 197 g/mol. The highest BCUT2D eigenvalue weighted by Gasteiger charge is 2.65. The normalized spacial score (nSPS) is 34.9. The Morgan fingerprint density at radius 2 is 2.15 bits per heavy atom. The molecule has 1 rings (SSSR count). The van der Waals surface area contributed by atoms with Crippen molar-refractivity contribution in [2.24, 2.45) is 11.3 Å². The van der Waals surface area contributed by atoms with Crippen molar-refractivity contribution in [2.45, 2.75) is 13.1 Å². The minimum absolute atomic E-state index is 0.0891. The molecule has 0 spiro atoms. The summed E-state index contributed by atoms with van der Waals surface area (Å²) in [6, 6.07) is 0. The zero-order valence-electron chi connectivity index (χ0n) is 6.98. The van der Waals surface area contributed by atoms with Crippen LogP contribution < -0.4 is 5.32 Å². The van der Waals surface area contributed by atoms with Crippen LogP contribution in [0.4, 0.5) is 13.2 Å². The van der Waals surface area contributed by atoms with Gasteiger partial charge in [0.2, 0.25) is 0 Å². The molecule has 0 radical (unpaired) electrons. The maximum absolute atomic E-state index is 12.5. The SMILES string of the molecule is C[C@@H]1CNC[C@@]1(C(=O)O)C(F)(F)F. The number of hydrogen-bond donors (Lipinski definition) is 2. The number of halogens is 3. The summed E-state index contributed by atoms with van der Waals surface area (Å²) in [5, 5.41) is 11.1. The largest absolute Gasteiger partial charge is 0.481 e. The lowest BCUT2D eigenvalue weighted by Gasteiger charge is -2.30. The van der Waals surface area contributed by atoms with Crippen LogP contribution in [0, 0.1) is 11.3 Å². The Labute approximate surface area is 72.9 Å². The molecule has 0 aromatic heterocycles. The van der Waals surface area contributed by atoms with Gasteiger partial charge in [0.05, 0.1) is 0 Å². The number of carboxylic acid groups (broad SMARTS) is 1. The number of hydrogen-bond acceptors (Lipinski definition) is 2. The molecule has 0 saturated carbocycles. The quantitative estimate of drug-likeness (QED) is 0.655. The zero-order chi connectivity index (χ0) is 10.3. The number of rotatable bonds is 1. The Morgan fingerprint density at radius 3 is 2.31 bits per heavy atom. The van der Waals surface area contributed by atoms with E-state index in [0.29, 0.717) is 0 Å². The van der Waals surface area contributed by atoms with Crippen molar-refractivity contribution >= 4 is 5.97 Å². The summed E-state index contributed by atoms with van der Waals surface area (Å²) in [6.07, 6.45) is -4.69. The van der Waals surface area contributed by atoms with E-state index >= 15 is 0 Å². The Morgan fingerprint density at radius 1 is 1.62 bits per heavy atom. The van der Waals surface area contributed by atoms with E-state index in [9.17, 15) is 18.0 Å². The number of nitrogens with one attached hydrogen (secondary N) is 1. The van der Waals surface area contributed by atoms with Gasteiger partial charge in [-0.2, -0.15) is 13.2 Å². The average Bonchev–Trinajstić information content (AvgIpc) is 2.29. The first kappa shape index (κ1) is 10.3. The minimum atomic E-state index is -4.69. The van der Waals surface area contributed by atoms with Gasteiger partial charge in [0.15, 0.2) is 5.41 Å². The number of carbonyl (C=O) groups is 1. The van der Waals surface area contributed by atoms with Gasteiger partial charge >= 0.3 is 12.1 Å². The van der Waals surface area contributed by atoms with E-state index in [-0.39, 0.29) is 6.54 Å². The van der Waals surface area contributed by atoms with E-state index in [1.807, 2.05) is 0 Å². The molecule has 0 bridgehead atoms. The first-order valence-electron chi connectivity index (χ1n) is 3.83. The van der Waals surface area contributed by atoms with Gasteiger partial charge in [-0.25, -0.2) is 0 Å². The molecule has 2 N–H and O–H groups in total. The third kappa shape index (κ3) is 1.29. The fourth-order valence-corrected chi connectivity index (χ4v) is 1.62. The Kier molecular flexibility index (Phi) is 2.27. The molecule has 1 heterocycles. The molecule has 2 atom stereocenters. The molecule has 1 aliphatic rings. The first-order chi connectivity index (χ1) is 5.82. The van der Waals surface area contributed by atoms with Crippen LogP contribution in [0.2, 0.25) is 0 Å². The molecule has 0 aliphatic carbocycles. The molecule has 0 aromatic rings. The summed E-state index contributed by atoms with van der Waals surface area (Å²) in [4.78, 5) is 10.6. The van der Waals surface area contributed by atoms with Gasteiger partial charge in [0.25, 0.3) is 0 Å². The topological polar surface area (TPSA) is 49.3 Å². The molecule has 0 amide bonds. The van der Waals surface area contributed by atoms with Crippen molar-refractivity contribution in [1.29, 1.82) is 0 Å². The van der Waals surface area contributed by atoms with Crippen LogP contribution in [0.5, 0.6) is 0 Å². The number of carboxylic acids is 1. The van der Waals surface area contributed by atoms with Crippen LogP contribution in [0.1, 0.15) is 6.92 Å². The molecule has 6 heteroatoms. The van der Waals surface area contributed by atoms with Crippen LogP contribution in [-0.4, -0.2) is 30.3 Å². The number of alkyl halides is 3. The minimum Gasteiger partial charge on any atom is -0.481 e. The molecule has 1 fully saturated rings. The van der Waals surface area contributed by atoms with E-state index in [1.54, 1.807) is 0 Å². The highest BCUT2D eigenvalue weighted by Crippen LogP contribution is 2.46. The van der Waals surface area contributed by atoms with Crippen LogP contribution in [-0.2, 0) is 4.79 Å². The Hall–Kier alpha value is -0.780. The van der Waals surface area contributed by atoms with Crippen molar-refractivity contribution in [3.63, 3.8) is 0 Å².